The average Bonchev–Trinajstić information content (AvgIpc) is 3.32. The Bertz CT molecular complexity index is 801. The van der Waals surface area contributed by atoms with E-state index in [1.54, 1.807) is 22.7 Å². The van der Waals surface area contributed by atoms with E-state index >= 15 is 0 Å². The molecule has 0 spiro atoms. The topological polar surface area (TPSA) is 43.4 Å². The molecule has 0 saturated heterocycles. The number of fused-ring (bicyclic) bond motifs is 1. The van der Waals surface area contributed by atoms with E-state index in [4.69, 9.17) is 9.47 Å². The second kappa shape index (κ2) is 6.93. The molecular formula is C18H18N2O2S2. The molecule has 2 aromatic heterocycles. The lowest BCUT2D eigenvalue weighted by molar-refractivity contribution is 0.174. The zero-order valence-corrected chi connectivity index (χ0v) is 15.0. The lowest BCUT2D eigenvalue weighted by atomic mass is 10.1. The SMILES string of the molecule is Cc1cc2c(cc1CN[C@@H](Cc1ccsc1)c1nccs1)OCO2. The van der Waals surface area contributed by atoms with E-state index in [0.717, 1.165) is 29.5 Å². The summed E-state index contributed by atoms with van der Waals surface area (Å²) in [7, 11) is 0. The first-order chi connectivity index (χ1) is 11.8. The maximum atomic E-state index is 5.50. The summed E-state index contributed by atoms with van der Waals surface area (Å²) in [6.07, 6.45) is 2.81. The fourth-order valence-corrected chi connectivity index (χ4v) is 4.20. The van der Waals surface area contributed by atoms with Gasteiger partial charge in [-0.05, 0) is 59.0 Å². The van der Waals surface area contributed by atoms with Gasteiger partial charge in [0.05, 0.1) is 6.04 Å². The fraction of sp³-hybridized carbons (Fsp3) is 0.278. The third-order valence-electron chi connectivity index (χ3n) is 4.14. The summed E-state index contributed by atoms with van der Waals surface area (Å²) < 4.78 is 10.9. The van der Waals surface area contributed by atoms with E-state index in [9.17, 15) is 0 Å². The summed E-state index contributed by atoms with van der Waals surface area (Å²) in [5.41, 5.74) is 3.78. The fourth-order valence-electron chi connectivity index (χ4n) is 2.81. The van der Waals surface area contributed by atoms with Crippen molar-refractivity contribution < 1.29 is 9.47 Å². The van der Waals surface area contributed by atoms with Crippen LogP contribution in [0.15, 0.2) is 40.5 Å². The number of ether oxygens (including phenoxy) is 2. The van der Waals surface area contributed by atoms with Gasteiger partial charge in [0.2, 0.25) is 6.79 Å². The van der Waals surface area contributed by atoms with Gasteiger partial charge in [-0.3, -0.25) is 0 Å². The van der Waals surface area contributed by atoms with Crippen LogP contribution in [0, 0.1) is 6.92 Å². The van der Waals surface area contributed by atoms with E-state index in [2.05, 4.69) is 46.2 Å². The molecule has 4 rings (SSSR count). The zero-order valence-electron chi connectivity index (χ0n) is 13.3. The van der Waals surface area contributed by atoms with Crippen LogP contribution in [0.1, 0.15) is 27.7 Å². The molecule has 1 atom stereocenters. The summed E-state index contributed by atoms with van der Waals surface area (Å²) in [4.78, 5) is 4.50. The maximum absolute atomic E-state index is 5.50. The van der Waals surface area contributed by atoms with Crippen molar-refractivity contribution in [3.05, 3.63) is 62.2 Å². The predicted octanol–water partition coefficient (Wildman–Crippen LogP) is 4.32. The third-order valence-corrected chi connectivity index (χ3v) is 5.76. The minimum Gasteiger partial charge on any atom is -0.454 e. The highest BCUT2D eigenvalue weighted by Gasteiger charge is 2.18. The van der Waals surface area contributed by atoms with Crippen LogP contribution in [0.4, 0.5) is 0 Å². The summed E-state index contributed by atoms with van der Waals surface area (Å²) in [6, 6.07) is 6.52. The number of aryl methyl sites for hydroxylation is 1. The molecule has 0 saturated carbocycles. The van der Waals surface area contributed by atoms with Crippen LogP contribution in [0.2, 0.25) is 0 Å². The molecule has 6 heteroatoms. The Labute approximate surface area is 149 Å². The first kappa shape index (κ1) is 15.6. The molecule has 1 N–H and O–H groups in total. The third kappa shape index (κ3) is 3.31. The van der Waals surface area contributed by atoms with Crippen LogP contribution in [0.5, 0.6) is 11.5 Å². The number of nitrogens with one attached hydrogen (secondary N) is 1. The molecule has 0 aliphatic carbocycles. The number of benzene rings is 1. The molecule has 1 aliphatic rings. The summed E-state index contributed by atoms with van der Waals surface area (Å²) in [5, 5.41) is 11.1. The van der Waals surface area contributed by atoms with Crippen LogP contribution in [0.25, 0.3) is 0 Å². The van der Waals surface area contributed by atoms with Crippen LogP contribution in [-0.4, -0.2) is 11.8 Å². The standard InChI is InChI=1S/C18H18N2O2S2/c1-12-6-16-17(22-11-21-16)8-14(12)9-20-15(18-19-3-5-24-18)7-13-2-4-23-10-13/h2-6,8,10,15,20H,7,9,11H2,1H3/t15-/m0/s1. The lowest BCUT2D eigenvalue weighted by Crippen LogP contribution is -2.23. The zero-order chi connectivity index (χ0) is 16.4. The molecular weight excluding hydrogens is 340 g/mol. The van der Waals surface area contributed by atoms with E-state index in [-0.39, 0.29) is 6.04 Å². The summed E-state index contributed by atoms with van der Waals surface area (Å²) in [5.74, 6) is 1.67. The molecule has 0 bridgehead atoms. The van der Waals surface area contributed by atoms with Crippen molar-refractivity contribution in [2.75, 3.05) is 6.79 Å². The molecule has 124 valence electrons. The quantitative estimate of drug-likeness (QED) is 0.713. The second-order valence-electron chi connectivity index (χ2n) is 5.77. The Morgan fingerprint density at radius 3 is 2.88 bits per heavy atom. The number of thiazole rings is 1. The minimum atomic E-state index is 0.212. The van der Waals surface area contributed by atoms with Crippen molar-refractivity contribution in [1.82, 2.24) is 10.3 Å². The van der Waals surface area contributed by atoms with Crippen molar-refractivity contribution in [2.45, 2.75) is 25.9 Å². The highest BCUT2D eigenvalue weighted by Crippen LogP contribution is 2.34. The highest BCUT2D eigenvalue weighted by molar-refractivity contribution is 7.09. The number of hydrogen-bond acceptors (Lipinski definition) is 6. The molecule has 0 unspecified atom stereocenters. The van der Waals surface area contributed by atoms with Crippen LogP contribution in [-0.2, 0) is 13.0 Å². The van der Waals surface area contributed by atoms with E-state index in [0.29, 0.717) is 6.79 Å². The van der Waals surface area contributed by atoms with Gasteiger partial charge >= 0.3 is 0 Å². The molecule has 0 radical (unpaired) electrons. The van der Waals surface area contributed by atoms with Gasteiger partial charge in [0.15, 0.2) is 11.5 Å². The molecule has 1 aliphatic heterocycles. The van der Waals surface area contributed by atoms with Crippen LogP contribution >= 0.6 is 22.7 Å². The molecule has 24 heavy (non-hydrogen) atoms. The Balaban J connectivity index is 1.51. The smallest absolute Gasteiger partial charge is 0.231 e. The van der Waals surface area contributed by atoms with Gasteiger partial charge in [-0.1, -0.05) is 0 Å². The van der Waals surface area contributed by atoms with Gasteiger partial charge in [0.25, 0.3) is 0 Å². The normalized spacial score (nSPS) is 14.0. The summed E-state index contributed by atoms with van der Waals surface area (Å²) in [6.45, 7) is 3.19. The average molecular weight is 358 g/mol. The van der Waals surface area contributed by atoms with Gasteiger partial charge in [0.1, 0.15) is 5.01 Å². The largest absolute Gasteiger partial charge is 0.454 e. The molecule has 0 amide bonds. The Morgan fingerprint density at radius 2 is 2.12 bits per heavy atom. The van der Waals surface area contributed by atoms with Crippen LogP contribution < -0.4 is 14.8 Å². The second-order valence-corrected chi connectivity index (χ2v) is 7.48. The van der Waals surface area contributed by atoms with Crippen molar-refractivity contribution >= 4 is 22.7 Å². The highest BCUT2D eigenvalue weighted by atomic mass is 32.1. The van der Waals surface area contributed by atoms with Gasteiger partial charge in [-0.25, -0.2) is 4.98 Å². The minimum absolute atomic E-state index is 0.212. The molecule has 1 aromatic carbocycles. The molecule has 0 fully saturated rings. The van der Waals surface area contributed by atoms with Crippen molar-refractivity contribution in [1.29, 1.82) is 0 Å². The Morgan fingerprint density at radius 1 is 1.25 bits per heavy atom. The van der Waals surface area contributed by atoms with Gasteiger partial charge in [-0.15, -0.1) is 11.3 Å². The molecule has 3 aromatic rings. The maximum Gasteiger partial charge on any atom is 0.231 e. The number of aromatic nitrogens is 1. The van der Waals surface area contributed by atoms with Crippen molar-refractivity contribution in [3.63, 3.8) is 0 Å². The summed E-state index contributed by atoms with van der Waals surface area (Å²) >= 11 is 3.43. The van der Waals surface area contributed by atoms with E-state index in [1.807, 2.05) is 11.6 Å². The lowest BCUT2D eigenvalue weighted by Gasteiger charge is -2.17. The Hall–Kier alpha value is -1.89. The first-order valence-electron chi connectivity index (χ1n) is 7.82. The van der Waals surface area contributed by atoms with Crippen molar-refractivity contribution in [2.24, 2.45) is 0 Å². The Kier molecular flexibility index (Phi) is 4.51. The molecule has 4 nitrogen and oxygen atoms in total. The van der Waals surface area contributed by atoms with Gasteiger partial charge in [-0.2, -0.15) is 11.3 Å². The number of rotatable bonds is 6. The number of hydrogen-bond donors (Lipinski definition) is 1. The number of nitrogens with zero attached hydrogens (tertiary/aromatic N) is 1. The molecule has 3 heterocycles. The number of thiophene rings is 1. The monoisotopic (exact) mass is 358 g/mol. The predicted molar refractivity (Wildman–Crippen MR) is 97.0 cm³/mol. The first-order valence-corrected chi connectivity index (χ1v) is 9.65. The van der Waals surface area contributed by atoms with Crippen LogP contribution in [0.3, 0.4) is 0 Å². The van der Waals surface area contributed by atoms with E-state index < -0.39 is 0 Å². The van der Waals surface area contributed by atoms with E-state index in [1.165, 1.54) is 16.7 Å². The van der Waals surface area contributed by atoms with Crippen molar-refractivity contribution in [3.8, 4) is 11.5 Å². The van der Waals surface area contributed by atoms with Gasteiger partial charge in [0, 0.05) is 18.1 Å². The van der Waals surface area contributed by atoms with Gasteiger partial charge < -0.3 is 14.8 Å².